The molecule has 0 spiro atoms. The molecule has 3 rings (SSSR count). The van der Waals surface area contributed by atoms with Crippen LogP contribution >= 0.6 is 23.1 Å². The van der Waals surface area contributed by atoms with E-state index in [1.807, 2.05) is 30.3 Å². The average Bonchev–Trinajstić information content (AvgIpc) is 3.05. The molecule has 0 aliphatic carbocycles. The van der Waals surface area contributed by atoms with Gasteiger partial charge in [0, 0.05) is 23.3 Å². The molecule has 6 nitrogen and oxygen atoms in total. The molecule has 0 fully saturated rings. The van der Waals surface area contributed by atoms with Gasteiger partial charge in [0.15, 0.2) is 10.3 Å². The zero-order valence-corrected chi connectivity index (χ0v) is 14.4. The van der Waals surface area contributed by atoms with E-state index in [0.717, 1.165) is 5.56 Å². The van der Waals surface area contributed by atoms with E-state index in [1.165, 1.54) is 29.2 Å². The van der Waals surface area contributed by atoms with Crippen molar-refractivity contribution >= 4 is 34.1 Å². The lowest BCUT2D eigenvalue weighted by atomic mass is 10.1. The third-order valence-electron chi connectivity index (χ3n) is 3.08. The smallest absolute Gasteiger partial charge is 0.251 e. The Hall–Kier alpha value is -2.45. The molecule has 0 aliphatic heterocycles. The number of amides is 1. The van der Waals surface area contributed by atoms with Gasteiger partial charge in [0.05, 0.1) is 0 Å². The number of carbonyl (C=O) groups is 1. The van der Waals surface area contributed by atoms with Crippen molar-refractivity contribution in [1.29, 1.82) is 0 Å². The van der Waals surface area contributed by atoms with E-state index < -0.39 is 5.25 Å². The summed E-state index contributed by atoms with van der Waals surface area (Å²) in [7, 11) is 0. The molecule has 0 aliphatic rings. The van der Waals surface area contributed by atoms with Gasteiger partial charge >= 0.3 is 0 Å². The van der Waals surface area contributed by atoms with Crippen LogP contribution in [-0.2, 0) is 4.79 Å². The Bertz CT molecular complexity index is 879. The maximum absolute atomic E-state index is 12.7. The first-order chi connectivity index (χ1) is 11.6. The Balaban J connectivity index is 1.90. The van der Waals surface area contributed by atoms with Gasteiger partial charge in [-0.2, -0.15) is 0 Å². The first-order valence-electron chi connectivity index (χ1n) is 7.12. The highest BCUT2D eigenvalue weighted by atomic mass is 32.2. The van der Waals surface area contributed by atoms with Gasteiger partial charge < -0.3 is 10.3 Å². The van der Waals surface area contributed by atoms with E-state index in [4.69, 9.17) is 0 Å². The molecule has 24 heavy (non-hydrogen) atoms. The van der Waals surface area contributed by atoms with E-state index >= 15 is 0 Å². The van der Waals surface area contributed by atoms with Crippen LogP contribution in [0, 0.1) is 6.92 Å². The van der Waals surface area contributed by atoms with Crippen LogP contribution in [0.3, 0.4) is 0 Å². The Morgan fingerprint density at radius 3 is 2.79 bits per heavy atom. The number of carbonyl (C=O) groups excluding carboxylic acids is 1. The summed E-state index contributed by atoms with van der Waals surface area (Å²) in [6.07, 6.45) is 1.63. The molecule has 1 aromatic carbocycles. The molecule has 3 aromatic rings. The fourth-order valence-electron chi connectivity index (χ4n) is 2.08. The molecule has 1 amide bonds. The largest absolute Gasteiger partial charge is 0.301 e. The minimum atomic E-state index is -0.556. The van der Waals surface area contributed by atoms with Crippen molar-refractivity contribution in [3.63, 3.8) is 0 Å². The second-order valence-electron chi connectivity index (χ2n) is 4.93. The number of hydrogen-bond acceptors (Lipinski definition) is 6. The van der Waals surface area contributed by atoms with Gasteiger partial charge in [0.1, 0.15) is 5.25 Å². The molecular formula is C16H14N4O2S2. The number of benzene rings is 1. The van der Waals surface area contributed by atoms with Gasteiger partial charge in [0.2, 0.25) is 5.91 Å². The standard InChI is InChI=1S/C16H14N4O2S2/c1-10-9-12(21)19-16(18-10)24-13(11-5-3-2-4-6-11)14(22)20-15-17-7-8-23-15/h2-9,13H,1H3,(H,17,20,22)(H,18,19,21). The number of anilines is 1. The second kappa shape index (κ2) is 7.41. The number of aromatic nitrogens is 3. The van der Waals surface area contributed by atoms with Gasteiger partial charge in [-0.3, -0.25) is 9.59 Å². The number of aryl methyl sites for hydroxylation is 1. The zero-order valence-electron chi connectivity index (χ0n) is 12.7. The molecule has 8 heteroatoms. The minimum absolute atomic E-state index is 0.217. The Labute approximate surface area is 146 Å². The maximum Gasteiger partial charge on any atom is 0.251 e. The first-order valence-corrected chi connectivity index (χ1v) is 8.87. The molecule has 1 atom stereocenters. The number of nitrogens with one attached hydrogen (secondary N) is 2. The molecule has 1 unspecified atom stereocenters. The highest BCUT2D eigenvalue weighted by Crippen LogP contribution is 2.34. The topological polar surface area (TPSA) is 87.7 Å². The van der Waals surface area contributed by atoms with Crippen molar-refractivity contribution in [2.24, 2.45) is 0 Å². The molecule has 2 aromatic heterocycles. The predicted octanol–water partition coefficient (Wildman–Crippen LogP) is 3.01. The summed E-state index contributed by atoms with van der Waals surface area (Å²) >= 11 is 2.55. The zero-order chi connectivity index (χ0) is 16.9. The van der Waals surface area contributed by atoms with Gasteiger partial charge in [-0.25, -0.2) is 9.97 Å². The lowest BCUT2D eigenvalue weighted by molar-refractivity contribution is -0.115. The lowest BCUT2D eigenvalue weighted by Gasteiger charge is -2.15. The SMILES string of the molecule is Cc1cc(=O)[nH]c(SC(C(=O)Nc2nccs2)c2ccccc2)n1. The van der Waals surface area contributed by atoms with Crippen LogP contribution in [0.4, 0.5) is 5.13 Å². The summed E-state index contributed by atoms with van der Waals surface area (Å²) in [5.41, 5.74) is 1.19. The van der Waals surface area contributed by atoms with Crippen LogP contribution in [0.25, 0.3) is 0 Å². The Morgan fingerprint density at radius 1 is 1.33 bits per heavy atom. The maximum atomic E-state index is 12.7. The van der Waals surface area contributed by atoms with Gasteiger partial charge in [0.25, 0.3) is 5.56 Å². The molecule has 0 saturated heterocycles. The third kappa shape index (κ3) is 4.09. The number of hydrogen-bond donors (Lipinski definition) is 2. The number of aromatic amines is 1. The van der Waals surface area contributed by atoms with Crippen molar-refractivity contribution < 1.29 is 4.79 Å². The molecule has 2 heterocycles. The van der Waals surface area contributed by atoms with Crippen LogP contribution in [0.15, 0.2) is 57.9 Å². The predicted molar refractivity (Wildman–Crippen MR) is 95.4 cm³/mol. The Kier molecular flexibility index (Phi) is 5.07. The Morgan fingerprint density at radius 2 is 2.12 bits per heavy atom. The summed E-state index contributed by atoms with van der Waals surface area (Å²) in [4.78, 5) is 35.4. The molecule has 0 saturated carbocycles. The highest BCUT2D eigenvalue weighted by Gasteiger charge is 2.24. The minimum Gasteiger partial charge on any atom is -0.301 e. The second-order valence-corrected chi connectivity index (χ2v) is 6.92. The lowest BCUT2D eigenvalue weighted by Crippen LogP contribution is -2.20. The van der Waals surface area contributed by atoms with E-state index in [-0.39, 0.29) is 11.5 Å². The summed E-state index contributed by atoms with van der Waals surface area (Å²) in [6.45, 7) is 1.74. The summed E-state index contributed by atoms with van der Waals surface area (Å²) in [5, 5.41) is 4.97. The number of thioether (sulfide) groups is 1. The van der Waals surface area contributed by atoms with Gasteiger partial charge in [-0.1, -0.05) is 42.1 Å². The monoisotopic (exact) mass is 358 g/mol. The van der Waals surface area contributed by atoms with Gasteiger partial charge in [-0.05, 0) is 12.5 Å². The summed E-state index contributed by atoms with van der Waals surface area (Å²) in [6, 6.07) is 10.8. The van der Waals surface area contributed by atoms with Crippen LogP contribution < -0.4 is 10.9 Å². The molecule has 0 bridgehead atoms. The van der Waals surface area contributed by atoms with Gasteiger partial charge in [-0.15, -0.1) is 11.3 Å². The number of rotatable bonds is 5. The van der Waals surface area contributed by atoms with Crippen molar-refractivity contribution in [1.82, 2.24) is 15.0 Å². The molecule has 122 valence electrons. The normalized spacial score (nSPS) is 11.9. The van der Waals surface area contributed by atoms with Crippen LogP contribution in [0.5, 0.6) is 0 Å². The van der Waals surface area contributed by atoms with Crippen LogP contribution in [0.2, 0.25) is 0 Å². The quantitative estimate of drug-likeness (QED) is 0.541. The van der Waals surface area contributed by atoms with E-state index in [2.05, 4.69) is 20.3 Å². The molecule has 0 radical (unpaired) electrons. The van der Waals surface area contributed by atoms with Crippen molar-refractivity contribution in [3.8, 4) is 0 Å². The first kappa shape index (κ1) is 16.4. The number of thiazole rings is 1. The fourth-order valence-corrected chi connectivity index (χ4v) is 3.65. The average molecular weight is 358 g/mol. The molecular weight excluding hydrogens is 344 g/mol. The van der Waals surface area contributed by atoms with E-state index in [1.54, 1.807) is 18.5 Å². The molecule has 2 N–H and O–H groups in total. The summed E-state index contributed by atoms with van der Waals surface area (Å²) < 4.78 is 0. The number of nitrogens with zero attached hydrogens (tertiary/aromatic N) is 2. The van der Waals surface area contributed by atoms with E-state index in [0.29, 0.717) is 16.0 Å². The fraction of sp³-hybridized carbons (Fsp3) is 0.125. The van der Waals surface area contributed by atoms with Crippen molar-refractivity contribution in [3.05, 3.63) is 69.6 Å². The van der Waals surface area contributed by atoms with Crippen LogP contribution in [0.1, 0.15) is 16.5 Å². The van der Waals surface area contributed by atoms with Crippen molar-refractivity contribution in [2.75, 3.05) is 5.32 Å². The highest BCUT2D eigenvalue weighted by molar-refractivity contribution is 8.00. The number of H-pyrrole nitrogens is 1. The van der Waals surface area contributed by atoms with Crippen molar-refractivity contribution in [2.45, 2.75) is 17.3 Å². The van der Waals surface area contributed by atoms with Crippen LogP contribution in [-0.4, -0.2) is 20.9 Å². The third-order valence-corrected chi connectivity index (χ3v) is 4.91. The summed E-state index contributed by atoms with van der Waals surface area (Å²) in [5.74, 6) is -0.217. The van der Waals surface area contributed by atoms with E-state index in [9.17, 15) is 9.59 Å².